The number of carbonyl (C=O) groups excluding carboxylic acids is 1. The van der Waals surface area contributed by atoms with Crippen LogP contribution in [0.4, 0.5) is 30.6 Å². The van der Waals surface area contributed by atoms with Crippen LogP contribution < -0.4 is 20.7 Å². The van der Waals surface area contributed by atoms with Crippen LogP contribution in [0.25, 0.3) is 0 Å². The van der Waals surface area contributed by atoms with Crippen LogP contribution in [0.5, 0.6) is 5.75 Å². The fourth-order valence-electron chi connectivity index (χ4n) is 2.32. The Morgan fingerprint density at radius 2 is 2.10 bits per heavy atom. The molecule has 0 aliphatic carbocycles. The Hall–Kier alpha value is -3.20. The maximum absolute atomic E-state index is 12.6. The Kier molecular flexibility index (Phi) is 6.76. The second kappa shape index (κ2) is 8.87. The van der Waals surface area contributed by atoms with Crippen LogP contribution in [-0.2, 0) is 4.79 Å². The molecular weight excluding hydrogens is 409 g/mol. The number of nitrogens with one attached hydrogen (secondary N) is 1. The number of nitrogens with zero attached hydrogens (tertiary/aromatic N) is 4. The first-order chi connectivity index (χ1) is 13.6. The molecule has 1 aromatic carbocycles. The Labute approximate surface area is 168 Å². The number of thioether (sulfide) groups is 1. The van der Waals surface area contributed by atoms with Gasteiger partial charge in [-0.15, -0.1) is 24.9 Å². The lowest BCUT2D eigenvalue weighted by Gasteiger charge is -2.26. The standard InChI is InChI=1S/C17H17F3N6O2S/c1-9(26(2)13-12(8-21)15(29-3)25-16(22)24-13)14(27)23-10-5-4-6-11(7-10)28-17(18,19)20/h4-7,9H,1-3H3,(H,23,27)(H2,22,24,25)/t9-/m0/s1. The van der Waals surface area contributed by atoms with E-state index in [4.69, 9.17) is 5.73 Å². The summed E-state index contributed by atoms with van der Waals surface area (Å²) in [4.78, 5) is 22.1. The van der Waals surface area contributed by atoms with Crippen LogP contribution in [0.2, 0.25) is 0 Å². The Morgan fingerprint density at radius 1 is 1.41 bits per heavy atom. The van der Waals surface area contributed by atoms with Crippen LogP contribution >= 0.6 is 11.8 Å². The molecular formula is C17H17F3N6O2S. The van der Waals surface area contributed by atoms with Crippen molar-refractivity contribution in [3.8, 4) is 11.8 Å². The van der Waals surface area contributed by atoms with Gasteiger partial charge in [0, 0.05) is 18.8 Å². The first-order valence-electron chi connectivity index (χ1n) is 8.06. The van der Waals surface area contributed by atoms with Gasteiger partial charge in [-0.3, -0.25) is 4.79 Å². The number of likely N-dealkylation sites (N-methyl/N-ethyl adjacent to an activating group) is 1. The molecule has 2 aromatic rings. The number of anilines is 3. The summed E-state index contributed by atoms with van der Waals surface area (Å²) < 4.78 is 40.9. The molecule has 0 saturated heterocycles. The minimum absolute atomic E-state index is 0.0557. The van der Waals surface area contributed by atoms with Crippen molar-refractivity contribution in [3.63, 3.8) is 0 Å². The molecule has 0 bridgehead atoms. The van der Waals surface area contributed by atoms with E-state index >= 15 is 0 Å². The van der Waals surface area contributed by atoms with Gasteiger partial charge in [0.15, 0.2) is 5.82 Å². The van der Waals surface area contributed by atoms with Gasteiger partial charge in [-0.1, -0.05) is 6.07 Å². The molecule has 12 heteroatoms. The Balaban J connectivity index is 2.22. The number of nitriles is 1. The van der Waals surface area contributed by atoms with Gasteiger partial charge in [0.2, 0.25) is 11.9 Å². The predicted molar refractivity (Wildman–Crippen MR) is 103 cm³/mol. The zero-order valence-electron chi connectivity index (χ0n) is 15.6. The molecule has 1 atom stereocenters. The van der Waals surface area contributed by atoms with Crippen molar-refractivity contribution in [2.45, 2.75) is 24.4 Å². The minimum Gasteiger partial charge on any atom is -0.406 e. The quantitative estimate of drug-likeness (QED) is 0.535. The van der Waals surface area contributed by atoms with Gasteiger partial charge in [-0.2, -0.15) is 10.2 Å². The molecule has 8 nitrogen and oxygen atoms in total. The SMILES string of the molecule is CSc1nc(N)nc(N(C)[C@@H](C)C(=O)Nc2cccc(OC(F)(F)F)c2)c1C#N. The van der Waals surface area contributed by atoms with Crippen LogP contribution in [0.3, 0.4) is 0 Å². The van der Waals surface area contributed by atoms with Crippen molar-refractivity contribution in [2.24, 2.45) is 0 Å². The molecule has 0 aliphatic heterocycles. The molecule has 2 rings (SSSR count). The third-order valence-electron chi connectivity index (χ3n) is 3.81. The first-order valence-corrected chi connectivity index (χ1v) is 9.29. The average molecular weight is 426 g/mol. The highest BCUT2D eigenvalue weighted by molar-refractivity contribution is 7.98. The van der Waals surface area contributed by atoms with Crippen molar-refractivity contribution < 1.29 is 22.7 Å². The van der Waals surface area contributed by atoms with Crippen molar-refractivity contribution in [2.75, 3.05) is 29.3 Å². The molecule has 0 unspecified atom stereocenters. The van der Waals surface area contributed by atoms with Crippen LogP contribution in [0, 0.1) is 11.3 Å². The van der Waals surface area contributed by atoms with E-state index in [9.17, 15) is 23.2 Å². The average Bonchev–Trinajstić information content (AvgIpc) is 2.64. The monoisotopic (exact) mass is 426 g/mol. The van der Waals surface area contributed by atoms with Gasteiger partial charge in [-0.25, -0.2) is 4.98 Å². The summed E-state index contributed by atoms with van der Waals surface area (Å²) in [5, 5.41) is 12.3. The first kappa shape index (κ1) is 22.1. The lowest BCUT2D eigenvalue weighted by atomic mass is 10.2. The molecule has 0 spiro atoms. The molecule has 29 heavy (non-hydrogen) atoms. The van der Waals surface area contributed by atoms with Crippen molar-refractivity contribution >= 4 is 35.1 Å². The number of carbonyl (C=O) groups is 1. The molecule has 154 valence electrons. The van der Waals surface area contributed by atoms with Gasteiger partial charge >= 0.3 is 6.36 Å². The van der Waals surface area contributed by atoms with Gasteiger partial charge in [0.25, 0.3) is 0 Å². The molecule has 0 fully saturated rings. The number of rotatable bonds is 6. The topological polar surface area (TPSA) is 117 Å². The largest absolute Gasteiger partial charge is 0.573 e. The van der Waals surface area contributed by atoms with E-state index < -0.39 is 24.1 Å². The molecule has 1 heterocycles. The molecule has 0 saturated carbocycles. The number of benzene rings is 1. The van der Waals surface area contributed by atoms with E-state index in [2.05, 4.69) is 20.0 Å². The maximum Gasteiger partial charge on any atom is 0.573 e. The number of aromatic nitrogens is 2. The van der Waals surface area contributed by atoms with Gasteiger partial charge in [0.1, 0.15) is 28.4 Å². The maximum atomic E-state index is 12.6. The van der Waals surface area contributed by atoms with Gasteiger partial charge in [0.05, 0.1) is 0 Å². The molecule has 0 radical (unpaired) electrons. The summed E-state index contributed by atoms with van der Waals surface area (Å²) >= 11 is 1.21. The second-order valence-electron chi connectivity index (χ2n) is 5.75. The highest BCUT2D eigenvalue weighted by Crippen LogP contribution is 2.28. The molecule has 3 N–H and O–H groups in total. The van der Waals surface area contributed by atoms with E-state index in [1.807, 2.05) is 6.07 Å². The van der Waals surface area contributed by atoms with Crippen molar-refractivity contribution in [1.82, 2.24) is 9.97 Å². The summed E-state index contributed by atoms with van der Waals surface area (Å²) in [5.74, 6) is -0.888. The highest BCUT2D eigenvalue weighted by Gasteiger charge is 2.31. The number of ether oxygens (including phenoxy) is 1. The number of nitrogen functional groups attached to an aromatic ring is 1. The fraction of sp³-hybridized carbons (Fsp3) is 0.294. The summed E-state index contributed by atoms with van der Waals surface area (Å²) in [6, 6.07) is 6.06. The van der Waals surface area contributed by atoms with Crippen LogP contribution in [0.1, 0.15) is 12.5 Å². The fourth-order valence-corrected chi connectivity index (χ4v) is 2.85. The van der Waals surface area contributed by atoms with Crippen molar-refractivity contribution in [3.05, 3.63) is 29.8 Å². The Bertz CT molecular complexity index is 948. The zero-order valence-corrected chi connectivity index (χ0v) is 16.4. The second-order valence-corrected chi connectivity index (χ2v) is 6.55. The number of halogens is 3. The van der Waals surface area contributed by atoms with E-state index in [0.29, 0.717) is 5.03 Å². The number of hydrogen-bond donors (Lipinski definition) is 2. The van der Waals surface area contributed by atoms with E-state index in [0.717, 1.165) is 12.1 Å². The van der Waals surface area contributed by atoms with Gasteiger partial charge < -0.3 is 20.7 Å². The summed E-state index contributed by atoms with van der Waals surface area (Å²) in [7, 11) is 1.54. The summed E-state index contributed by atoms with van der Waals surface area (Å²) in [5.41, 5.74) is 5.96. The van der Waals surface area contributed by atoms with Crippen LogP contribution in [-0.4, -0.2) is 41.6 Å². The molecule has 1 amide bonds. The van der Waals surface area contributed by atoms with E-state index in [1.54, 1.807) is 20.2 Å². The lowest BCUT2D eigenvalue weighted by Crippen LogP contribution is -2.40. The van der Waals surface area contributed by atoms with E-state index in [1.165, 1.54) is 28.8 Å². The number of amides is 1. The zero-order chi connectivity index (χ0) is 21.8. The van der Waals surface area contributed by atoms with Crippen LogP contribution in [0.15, 0.2) is 29.3 Å². The highest BCUT2D eigenvalue weighted by atomic mass is 32.2. The smallest absolute Gasteiger partial charge is 0.406 e. The third kappa shape index (κ3) is 5.64. The van der Waals surface area contributed by atoms with Crippen molar-refractivity contribution in [1.29, 1.82) is 5.26 Å². The summed E-state index contributed by atoms with van der Waals surface area (Å²) in [6.07, 6.45) is -3.12. The minimum atomic E-state index is -4.84. The number of alkyl halides is 3. The molecule has 0 aliphatic rings. The normalized spacial score (nSPS) is 12.0. The predicted octanol–water partition coefficient (Wildman–Crippen LogP) is 3.01. The Morgan fingerprint density at radius 3 is 2.69 bits per heavy atom. The molecule has 1 aromatic heterocycles. The van der Waals surface area contributed by atoms with E-state index in [-0.39, 0.29) is 23.0 Å². The number of nitrogens with two attached hydrogens (primary N) is 1. The third-order valence-corrected chi connectivity index (χ3v) is 4.49. The van der Waals surface area contributed by atoms with Gasteiger partial charge in [-0.05, 0) is 25.3 Å². The number of hydrogen-bond acceptors (Lipinski definition) is 8. The summed E-state index contributed by atoms with van der Waals surface area (Å²) in [6.45, 7) is 1.55. The lowest BCUT2D eigenvalue weighted by molar-refractivity contribution is -0.274.